The van der Waals surface area contributed by atoms with Crippen LogP contribution in [0.2, 0.25) is 0 Å². The molecule has 0 amide bonds. The van der Waals surface area contributed by atoms with Gasteiger partial charge in [-0.2, -0.15) is 0 Å². The van der Waals surface area contributed by atoms with Crippen LogP contribution in [0, 0.1) is 0 Å². The first-order chi connectivity index (χ1) is 29.5. The Morgan fingerprint density at radius 2 is 1.21 bits per heavy atom. The van der Waals surface area contributed by atoms with Crippen LogP contribution in [0.15, 0.2) is 163 Å². The normalized spacial score (nSPS) is 14.1. The molecule has 0 spiro atoms. The molecule has 0 bridgehead atoms. The molecule has 1 atom stereocenters. The van der Waals surface area contributed by atoms with Gasteiger partial charge in [0.15, 0.2) is 0 Å². The minimum Gasteiger partial charge on any atom is -1.00 e. The number of hydrogen-bond donors (Lipinski definition) is 0. The van der Waals surface area contributed by atoms with Crippen LogP contribution in [0.4, 0.5) is 0 Å². The summed E-state index contributed by atoms with van der Waals surface area (Å²) in [6.07, 6.45) is 5.85. The number of halogens is 2. The van der Waals surface area contributed by atoms with Crippen molar-refractivity contribution in [1.82, 2.24) is 0 Å². The smallest absolute Gasteiger partial charge is 1.00 e. The third-order valence-electron chi connectivity index (χ3n) is 13.5. The van der Waals surface area contributed by atoms with Crippen LogP contribution in [-0.4, -0.2) is 5.92 Å². The van der Waals surface area contributed by atoms with Crippen molar-refractivity contribution in [3.05, 3.63) is 202 Å². The van der Waals surface area contributed by atoms with E-state index in [1.807, 2.05) is 0 Å². The molecule has 0 N–H and O–H groups in total. The summed E-state index contributed by atoms with van der Waals surface area (Å²) in [5, 5.41) is 8.46. The van der Waals surface area contributed by atoms with E-state index in [0.717, 1.165) is 19.3 Å². The van der Waals surface area contributed by atoms with Crippen molar-refractivity contribution in [3.63, 3.8) is 0 Å². The number of allylic oxidation sites excluding steroid dienone is 1. The molecule has 0 aromatic heterocycles. The fraction of sp³-hybridized carbons (Fsp3) is 0.220. The fourth-order valence-electron chi connectivity index (χ4n) is 10.7. The first kappa shape index (κ1) is 45.3. The predicted molar refractivity (Wildman–Crippen MR) is 263 cm³/mol. The second-order valence-corrected chi connectivity index (χ2v) is 29.8. The summed E-state index contributed by atoms with van der Waals surface area (Å²) in [7, 11) is 0. The monoisotopic (exact) mass is 952 g/mol. The standard InChI is InChI=1S/C47H45.C12H11Si.2ClH.Zr/c1-8-14-30-27-41-37(40-26-29-15-9-10-16-33(29)35-17-11-12-18-36(35)40)19-13-20-39(41)44(30)45-42-28-31-25-32(46(2,3)4)21-22-34(31)38(42)23-24-43(45)47(5,6)7;1-3-7-11(8-4-1)13-12-9-5-2-6-10-12;;;/h9-13,15-23,25-27,44H,8,14,28H2,1-7H3;1-10,13H;2*1H;/q;;;;+2/p-2. The Bertz CT molecular complexity index is 2970. The van der Waals surface area contributed by atoms with Gasteiger partial charge < -0.3 is 24.8 Å². The largest absolute Gasteiger partial charge is 1.00 e. The van der Waals surface area contributed by atoms with Crippen LogP contribution in [0.3, 0.4) is 0 Å². The van der Waals surface area contributed by atoms with E-state index >= 15 is 0 Å². The van der Waals surface area contributed by atoms with Crippen LogP contribution >= 0.6 is 0 Å². The second-order valence-electron chi connectivity index (χ2n) is 19.6. The molecule has 2 aliphatic carbocycles. The van der Waals surface area contributed by atoms with Crippen molar-refractivity contribution in [2.45, 2.75) is 84.5 Å². The van der Waals surface area contributed by atoms with Gasteiger partial charge in [-0.15, -0.1) is 0 Å². The molecular weight excluding hydrogens is 899 g/mol. The van der Waals surface area contributed by atoms with Crippen molar-refractivity contribution in [3.8, 4) is 22.3 Å². The first-order valence-corrected chi connectivity index (χ1v) is 29.7. The Balaban J connectivity index is 0.00000272. The topological polar surface area (TPSA) is 0 Å². The average Bonchev–Trinajstić information content (AvgIpc) is 3.82. The van der Waals surface area contributed by atoms with E-state index in [9.17, 15) is 0 Å². The van der Waals surface area contributed by atoms with E-state index in [0.29, 0.717) is 0 Å². The third kappa shape index (κ3) is 8.21. The Morgan fingerprint density at radius 1 is 0.571 bits per heavy atom. The van der Waals surface area contributed by atoms with Crippen LogP contribution in [0.5, 0.6) is 0 Å². The molecule has 10 rings (SSSR count). The molecule has 2 aliphatic rings. The maximum atomic E-state index is 2.75. The Labute approximate surface area is 400 Å². The minimum absolute atomic E-state index is 0. The van der Waals surface area contributed by atoms with Gasteiger partial charge in [0.2, 0.25) is 0 Å². The van der Waals surface area contributed by atoms with Crippen LogP contribution in [-0.2, 0) is 39.6 Å². The summed E-state index contributed by atoms with van der Waals surface area (Å²) in [5.41, 5.74) is 18.0. The van der Waals surface area contributed by atoms with Gasteiger partial charge in [0.05, 0.1) is 0 Å². The molecule has 8 aromatic carbocycles. The molecule has 63 heavy (non-hydrogen) atoms. The van der Waals surface area contributed by atoms with Gasteiger partial charge >= 0.3 is 372 Å². The summed E-state index contributed by atoms with van der Waals surface area (Å²) < 4.78 is 1.71. The third-order valence-corrected chi connectivity index (χ3v) is 26.5. The fourth-order valence-corrected chi connectivity index (χ4v) is 24.1. The Morgan fingerprint density at radius 3 is 1.86 bits per heavy atom. The summed E-state index contributed by atoms with van der Waals surface area (Å²) in [6.45, 7) is 17.0. The van der Waals surface area contributed by atoms with Gasteiger partial charge in [-0.05, 0) is 0 Å². The number of rotatable bonds is 8. The van der Waals surface area contributed by atoms with Gasteiger partial charge in [-0.1, -0.05) is 6.07 Å². The molecule has 4 heteroatoms. The average molecular weight is 955 g/mol. The van der Waals surface area contributed by atoms with Crippen LogP contribution in [0.1, 0.15) is 106 Å². The van der Waals surface area contributed by atoms with E-state index < -0.39 is 28.3 Å². The molecule has 314 valence electrons. The molecule has 0 saturated carbocycles. The van der Waals surface area contributed by atoms with E-state index in [-0.39, 0.29) is 41.6 Å². The molecule has 0 nitrogen and oxygen atoms in total. The zero-order valence-electron chi connectivity index (χ0n) is 37.6. The molecule has 0 heterocycles. The van der Waals surface area contributed by atoms with Crippen molar-refractivity contribution in [1.29, 1.82) is 0 Å². The predicted octanol–water partition coefficient (Wildman–Crippen LogP) is 7.41. The number of benzene rings is 8. The van der Waals surface area contributed by atoms with E-state index in [1.54, 1.807) is 35.9 Å². The van der Waals surface area contributed by atoms with Crippen molar-refractivity contribution >= 4 is 47.2 Å². The molecule has 0 fully saturated rings. The summed E-state index contributed by atoms with van der Waals surface area (Å²) >= 11 is -1.19. The van der Waals surface area contributed by atoms with Crippen LogP contribution < -0.4 is 38.5 Å². The quantitative estimate of drug-likeness (QED) is 0.110. The Hall–Kier alpha value is -4.30. The molecule has 1 unspecified atom stereocenters. The van der Waals surface area contributed by atoms with E-state index in [4.69, 9.17) is 0 Å². The number of fused-ring (bicyclic) bond motifs is 7. The summed E-state index contributed by atoms with van der Waals surface area (Å²) in [5.74, 6) is -1.29. The maximum Gasteiger partial charge on any atom is -1.00 e. The molecule has 0 radical (unpaired) electrons. The maximum absolute atomic E-state index is 2.75. The van der Waals surface area contributed by atoms with Gasteiger partial charge in [-0.3, -0.25) is 0 Å². The van der Waals surface area contributed by atoms with E-state index in [2.05, 4.69) is 212 Å². The van der Waals surface area contributed by atoms with Crippen molar-refractivity contribution < 1.29 is 47.2 Å². The van der Waals surface area contributed by atoms with Gasteiger partial charge in [-0.25, -0.2) is 0 Å². The molecule has 8 aromatic rings. The Kier molecular flexibility index (Phi) is 12.9. The van der Waals surface area contributed by atoms with E-state index in [1.165, 1.54) is 66.1 Å². The minimum atomic E-state index is -1.51. The van der Waals surface area contributed by atoms with Crippen LogP contribution in [0.25, 0.3) is 49.9 Å². The SMILES string of the molecule is CCCC1=Cc2c(-c3cc4ccccc4c4ccccc34)cccc2C1c1c2c(c[c]([Zr+2][SiH](c3ccccc3)c3ccccc3)c1C(C)(C)C)-c1ccc(C(C)(C)C)cc1C2.[Cl-].[Cl-]. The zero-order valence-corrected chi connectivity index (χ0v) is 42.7. The van der Waals surface area contributed by atoms with Crippen molar-refractivity contribution in [2.24, 2.45) is 0 Å². The molecular formula is C59H56Cl2SiZr. The molecule has 0 saturated heterocycles. The van der Waals surface area contributed by atoms with Crippen molar-refractivity contribution in [2.75, 3.05) is 0 Å². The van der Waals surface area contributed by atoms with Gasteiger partial charge in [0, 0.05) is 0 Å². The second kappa shape index (κ2) is 17.9. The van der Waals surface area contributed by atoms with Gasteiger partial charge in [0.25, 0.3) is 0 Å². The zero-order chi connectivity index (χ0) is 42.0. The summed E-state index contributed by atoms with van der Waals surface area (Å²) in [6, 6.07) is 61.1. The first-order valence-electron chi connectivity index (χ1n) is 22.4. The summed E-state index contributed by atoms with van der Waals surface area (Å²) in [4.78, 5) is 0. The number of hydrogen-bond acceptors (Lipinski definition) is 0. The van der Waals surface area contributed by atoms with Gasteiger partial charge in [0.1, 0.15) is 0 Å². The molecule has 0 aliphatic heterocycles.